The van der Waals surface area contributed by atoms with Crippen LogP contribution in [-0.4, -0.2) is 30.6 Å². The zero-order valence-electron chi connectivity index (χ0n) is 9.67. The van der Waals surface area contributed by atoms with Gasteiger partial charge in [-0.25, -0.2) is 0 Å². The molecular weight excluding hydrogens is 172 g/mol. The number of rotatable bonds is 4. The van der Waals surface area contributed by atoms with E-state index in [2.05, 4.69) is 11.8 Å². The fraction of sp³-hybridized carbons (Fsp3) is 1.00. The minimum Gasteiger partial charge on any atom is -0.327 e. The molecule has 84 valence electrons. The van der Waals surface area contributed by atoms with Gasteiger partial charge in [-0.05, 0) is 32.4 Å². The molecule has 1 heterocycles. The van der Waals surface area contributed by atoms with Crippen LogP contribution in [0.5, 0.6) is 0 Å². The summed E-state index contributed by atoms with van der Waals surface area (Å²) < 4.78 is 0. The average Bonchev–Trinajstić information content (AvgIpc) is 2.10. The highest BCUT2D eigenvalue weighted by Crippen LogP contribution is 2.11. The molecule has 14 heavy (non-hydrogen) atoms. The standard InChI is InChI=1S/C12H26N2/c1-2-8-12(13)11-14-9-6-4-3-5-7-10-14/h12H,2-11,13H2,1H3. The molecule has 1 atom stereocenters. The molecule has 2 N–H and O–H groups in total. The molecule has 2 nitrogen and oxygen atoms in total. The van der Waals surface area contributed by atoms with Crippen molar-refractivity contribution in [1.82, 2.24) is 4.90 Å². The molecule has 1 fully saturated rings. The molecule has 0 saturated carbocycles. The summed E-state index contributed by atoms with van der Waals surface area (Å²) >= 11 is 0. The zero-order chi connectivity index (χ0) is 10.2. The first kappa shape index (κ1) is 12.0. The van der Waals surface area contributed by atoms with E-state index in [4.69, 9.17) is 5.73 Å². The van der Waals surface area contributed by atoms with Gasteiger partial charge in [0.05, 0.1) is 0 Å². The smallest absolute Gasteiger partial charge is 0.0167 e. The maximum atomic E-state index is 6.06. The predicted molar refractivity (Wildman–Crippen MR) is 62.4 cm³/mol. The lowest BCUT2D eigenvalue weighted by Crippen LogP contribution is -2.39. The van der Waals surface area contributed by atoms with Gasteiger partial charge in [0.1, 0.15) is 0 Å². The molecule has 0 radical (unpaired) electrons. The quantitative estimate of drug-likeness (QED) is 0.751. The van der Waals surface area contributed by atoms with Crippen molar-refractivity contribution in [2.45, 2.75) is 57.9 Å². The molecule has 0 aromatic rings. The number of hydrogen-bond donors (Lipinski definition) is 1. The first-order valence-corrected chi connectivity index (χ1v) is 6.31. The third-order valence-corrected chi connectivity index (χ3v) is 3.10. The van der Waals surface area contributed by atoms with Gasteiger partial charge >= 0.3 is 0 Å². The fourth-order valence-corrected chi connectivity index (χ4v) is 2.29. The summed E-state index contributed by atoms with van der Waals surface area (Å²) in [4.78, 5) is 2.57. The summed E-state index contributed by atoms with van der Waals surface area (Å²) in [5.41, 5.74) is 6.06. The first-order valence-electron chi connectivity index (χ1n) is 6.31. The number of likely N-dealkylation sites (tertiary alicyclic amines) is 1. The fourth-order valence-electron chi connectivity index (χ4n) is 2.29. The van der Waals surface area contributed by atoms with Gasteiger partial charge in [-0.1, -0.05) is 32.6 Å². The molecule has 1 aliphatic rings. The van der Waals surface area contributed by atoms with Crippen LogP contribution in [0.2, 0.25) is 0 Å². The maximum Gasteiger partial charge on any atom is 0.0167 e. The molecule has 0 spiro atoms. The maximum absolute atomic E-state index is 6.06. The Kier molecular flexibility index (Phi) is 6.20. The minimum atomic E-state index is 0.402. The second kappa shape index (κ2) is 7.24. The van der Waals surface area contributed by atoms with Crippen molar-refractivity contribution < 1.29 is 0 Å². The second-order valence-electron chi connectivity index (χ2n) is 4.62. The van der Waals surface area contributed by atoms with Crippen LogP contribution in [0.15, 0.2) is 0 Å². The van der Waals surface area contributed by atoms with E-state index in [0.29, 0.717) is 6.04 Å². The predicted octanol–water partition coefficient (Wildman–Crippen LogP) is 2.38. The van der Waals surface area contributed by atoms with Crippen LogP contribution < -0.4 is 5.73 Å². The summed E-state index contributed by atoms with van der Waals surface area (Å²) in [7, 11) is 0. The Bertz CT molecular complexity index is 128. The van der Waals surface area contributed by atoms with Crippen molar-refractivity contribution in [1.29, 1.82) is 0 Å². The molecule has 0 aliphatic carbocycles. The number of nitrogens with two attached hydrogens (primary N) is 1. The van der Waals surface area contributed by atoms with Crippen molar-refractivity contribution >= 4 is 0 Å². The van der Waals surface area contributed by atoms with Gasteiger partial charge in [0.2, 0.25) is 0 Å². The Hall–Kier alpha value is -0.0800. The van der Waals surface area contributed by atoms with Crippen LogP contribution in [0.4, 0.5) is 0 Å². The summed E-state index contributed by atoms with van der Waals surface area (Å²) in [6.45, 7) is 5.88. The lowest BCUT2D eigenvalue weighted by atomic mass is 10.1. The van der Waals surface area contributed by atoms with Gasteiger partial charge in [0, 0.05) is 12.6 Å². The minimum absolute atomic E-state index is 0.402. The number of nitrogens with zero attached hydrogens (tertiary/aromatic N) is 1. The van der Waals surface area contributed by atoms with Crippen LogP contribution in [0, 0.1) is 0 Å². The highest BCUT2D eigenvalue weighted by Gasteiger charge is 2.11. The average molecular weight is 198 g/mol. The van der Waals surface area contributed by atoms with Crippen molar-refractivity contribution in [3.05, 3.63) is 0 Å². The molecule has 1 saturated heterocycles. The first-order chi connectivity index (χ1) is 6.83. The molecular formula is C12H26N2. The Labute approximate surface area is 88.8 Å². The van der Waals surface area contributed by atoms with Crippen molar-refractivity contribution in [2.24, 2.45) is 5.73 Å². The molecule has 1 aliphatic heterocycles. The van der Waals surface area contributed by atoms with Crippen LogP contribution in [0.3, 0.4) is 0 Å². The van der Waals surface area contributed by atoms with Crippen molar-refractivity contribution in [2.75, 3.05) is 19.6 Å². The van der Waals surface area contributed by atoms with E-state index >= 15 is 0 Å². The normalized spacial score (nSPS) is 22.7. The highest BCUT2D eigenvalue weighted by atomic mass is 15.1. The van der Waals surface area contributed by atoms with Crippen molar-refractivity contribution in [3.8, 4) is 0 Å². The highest BCUT2D eigenvalue weighted by molar-refractivity contribution is 4.69. The van der Waals surface area contributed by atoms with Crippen molar-refractivity contribution in [3.63, 3.8) is 0 Å². The van der Waals surface area contributed by atoms with Crippen LogP contribution in [-0.2, 0) is 0 Å². The summed E-state index contributed by atoms with van der Waals surface area (Å²) in [5.74, 6) is 0. The van der Waals surface area contributed by atoms with Crippen LogP contribution in [0.25, 0.3) is 0 Å². The van der Waals surface area contributed by atoms with E-state index in [9.17, 15) is 0 Å². The van der Waals surface area contributed by atoms with Gasteiger partial charge in [-0.3, -0.25) is 0 Å². The largest absolute Gasteiger partial charge is 0.327 e. The Morgan fingerprint density at radius 1 is 1.07 bits per heavy atom. The monoisotopic (exact) mass is 198 g/mol. The topological polar surface area (TPSA) is 29.3 Å². The summed E-state index contributed by atoms with van der Waals surface area (Å²) in [6.07, 6.45) is 9.41. The third-order valence-electron chi connectivity index (χ3n) is 3.10. The molecule has 1 unspecified atom stereocenters. The van der Waals surface area contributed by atoms with Gasteiger partial charge in [-0.15, -0.1) is 0 Å². The van der Waals surface area contributed by atoms with Crippen LogP contribution >= 0.6 is 0 Å². The van der Waals surface area contributed by atoms with Gasteiger partial charge in [-0.2, -0.15) is 0 Å². The van der Waals surface area contributed by atoms with E-state index in [0.717, 1.165) is 6.54 Å². The lowest BCUT2D eigenvalue weighted by Gasteiger charge is -2.27. The molecule has 0 amide bonds. The third kappa shape index (κ3) is 4.97. The van der Waals surface area contributed by atoms with E-state index in [-0.39, 0.29) is 0 Å². The number of hydrogen-bond acceptors (Lipinski definition) is 2. The zero-order valence-corrected chi connectivity index (χ0v) is 9.67. The molecule has 0 aromatic heterocycles. The Morgan fingerprint density at radius 3 is 2.21 bits per heavy atom. The van der Waals surface area contributed by atoms with Gasteiger partial charge in [0.25, 0.3) is 0 Å². The lowest BCUT2D eigenvalue weighted by molar-refractivity contribution is 0.230. The molecule has 0 bridgehead atoms. The van der Waals surface area contributed by atoms with E-state index in [1.807, 2.05) is 0 Å². The van der Waals surface area contributed by atoms with Gasteiger partial charge < -0.3 is 10.6 Å². The van der Waals surface area contributed by atoms with E-state index in [1.54, 1.807) is 0 Å². The van der Waals surface area contributed by atoms with E-state index in [1.165, 1.54) is 58.0 Å². The molecule has 1 rings (SSSR count). The van der Waals surface area contributed by atoms with Gasteiger partial charge in [0.15, 0.2) is 0 Å². The molecule has 2 heteroatoms. The SMILES string of the molecule is CCCC(N)CN1CCCCCCC1. The Balaban J connectivity index is 2.19. The molecule has 0 aromatic carbocycles. The second-order valence-corrected chi connectivity index (χ2v) is 4.62. The van der Waals surface area contributed by atoms with Crippen LogP contribution in [0.1, 0.15) is 51.9 Å². The Morgan fingerprint density at radius 2 is 1.64 bits per heavy atom. The van der Waals surface area contributed by atoms with E-state index < -0.39 is 0 Å². The summed E-state index contributed by atoms with van der Waals surface area (Å²) in [6, 6.07) is 0.402. The summed E-state index contributed by atoms with van der Waals surface area (Å²) in [5, 5.41) is 0.